The van der Waals surface area contributed by atoms with Crippen molar-refractivity contribution in [2.75, 3.05) is 27.2 Å². The van der Waals surface area contributed by atoms with Crippen molar-refractivity contribution in [2.45, 2.75) is 24.6 Å². The largest absolute Gasteiger partial charge is 0.477 e. The minimum Gasteiger partial charge on any atom is -0.477 e. The van der Waals surface area contributed by atoms with E-state index in [1.165, 1.54) is 14.1 Å². The standard InChI is InChI=1S/C9H14F5NO3/c1-15(2,5-7(17)18)4-6(16)3-8(10,11)9(12,13)14/h6,16H,3-5H2,1-2H3/p+1. The van der Waals surface area contributed by atoms with E-state index in [0.717, 1.165) is 0 Å². The summed E-state index contributed by atoms with van der Waals surface area (Å²) in [4.78, 5) is 10.4. The number of carboxylic acids is 1. The molecule has 0 aliphatic heterocycles. The highest BCUT2D eigenvalue weighted by Gasteiger charge is 2.58. The molecule has 0 aliphatic rings. The van der Waals surface area contributed by atoms with Gasteiger partial charge in [-0.25, -0.2) is 4.79 Å². The zero-order chi connectivity index (χ0) is 14.8. The number of rotatable bonds is 6. The highest BCUT2D eigenvalue weighted by Crippen LogP contribution is 2.38. The second-order valence-electron chi connectivity index (χ2n) is 4.73. The Morgan fingerprint density at radius 2 is 1.67 bits per heavy atom. The SMILES string of the molecule is C[N+](C)(CC(=O)O)CC(O)CC(F)(F)C(F)(F)F. The third-order valence-electron chi connectivity index (χ3n) is 2.18. The van der Waals surface area contributed by atoms with Gasteiger partial charge in [-0.1, -0.05) is 0 Å². The minimum atomic E-state index is -5.72. The lowest BCUT2D eigenvalue weighted by Gasteiger charge is -2.31. The van der Waals surface area contributed by atoms with Crippen LogP contribution in [0.15, 0.2) is 0 Å². The number of aliphatic hydroxyl groups excluding tert-OH is 1. The first-order chi connectivity index (χ1) is 7.77. The van der Waals surface area contributed by atoms with Gasteiger partial charge in [-0.05, 0) is 0 Å². The Morgan fingerprint density at radius 3 is 2.00 bits per heavy atom. The number of carbonyl (C=O) groups is 1. The van der Waals surface area contributed by atoms with Crippen molar-refractivity contribution in [3.63, 3.8) is 0 Å². The molecule has 0 bridgehead atoms. The predicted molar refractivity (Wildman–Crippen MR) is 51.1 cm³/mol. The quantitative estimate of drug-likeness (QED) is 0.566. The van der Waals surface area contributed by atoms with Crippen molar-refractivity contribution < 1.29 is 41.4 Å². The van der Waals surface area contributed by atoms with Crippen LogP contribution in [0.5, 0.6) is 0 Å². The van der Waals surface area contributed by atoms with Gasteiger partial charge in [0.1, 0.15) is 12.6 Å². The molecule has 9 heteroatoms. The van der Waals surface area contributed by atoms with E-state index < -0.39 is 48.2 Å². The third-order valence-corrected chi connectivity index (χ3v) is 2.18. The maximum atomic E-state index is 12.6. The lowest BCUT2D eigenvalue weighted by atomic mass is 10.1. The summed E-state index contributed by atoms with van der Waals surface area (Å²) in [6.07, 6.45) is -9.45. The van der Waals surface area contributed by atoms with Crippen molar-refractivity contribution in [1.82, 2.24) is 0 Å². The maximum absolute atomic E-state index is 12.6. The van der Waals surface area contributed by atoms with Crippen LogP contribution in [0.1, 0.15) is 6.42 Å². The molecule has 0 aromatic rings. The van der Waals surface area contributed by atoms with Crippen LogP contribution in [-0.2, 0) is 4.79 Å². The maximum Gasteiger partial charge on any atom is 0.453 e. The molecule has 0 radical (unpaired) electrons. The number of alkyl halides is 5. The van der Waals surface area contributed by atoms with Crippen LogP contribution in [-0.4, -0.2) is 66.1 Å². The van der Waals surface area contributed by atoms with Crippen LogP contribution >= 0.6 is 0 Å². The molecule has 18 heavy (non-hydrogen) atoms. The number of halogens is 5. The number of carboxylic acid groups (broad SMARTS) is 1. The summed E-state index contributed by atoms with van der Waals surface area (Å²) in [7, 11) is 2.62. The van der Waals surface area contributed by atoms with E-state index in [4.69, 9.17) is 5.11 Å². The molecule has 0 amide bonds. The van der Waals surface area contributed by atoms with Gasteiger partial charge < -0.3 is 14.7 Å². The molecule has 0 fully saturated rings. The lowest BCUT2D eigenvalue weighted by molar-refractivity contribution is -0.886. The Balaban J connectivity index is 4.52. The fourth-order valence-corrected chi connectivity index (χ4v) is 1.48. The molecule has 0 aromatic carbocycles. The van der Waals surface area contributed by atoms with Crippen molar-refractivity contribution >= 4 is 5.97 Å². The molecule has 0 saturated heterocycles. The first-order valence-electron chi connectivity index (χ1n) is 4.93. The summed E-state index contributed by atoms with van der Waals surface area (Å²) in [6.45, 7) is -1.01. The van der Waals surface area contributed by atoms with Crippen LogP contribution in [0.4, 0.5) is 22.0 Å². The summed E-state index contributed by atoms with van der Waals surface area (Å²) in [6, 6.07) is 0. The molecule has 0 heterocycles. The Kier molecular flexibility index (Phi) is 5.07. The predicted octanol–water partition coefficient (Wildman–Crippen LogP) is 1.10. The van der Waals surface area contributed by atoms with Crippen LogP contribution in [0.3, 0.4) is 0 Å². The summed E-state index contributed by atoms with van der Waals surface area (Å²) in [5.74, 6) is -6.23. The average Bonchev–Trinajstić information content (AvgIpc) is 1.94. The van der Waals surface area contributed by atoms with Gasteiger partial charge in [-0.3, -0.25) is 0 Å². The van der Waals surface area contributed by atoms with Crippen molar-refractivity contribution in [3.05, 3.63) is 0 Å². The highest BCUT2D eigenvalue weighted by atomic mass is 19.4. The Bertz CT molecular complexity index is 303. The normalized spacial score (nSPS) is 15.6. The second kappa shape index (κ2) is 5.35. The molecule has 0 spiro atoms. The summed E-state index contributed by atoms with van der Waals surface area (Å²) < 4.78 is 60.5. The first kappa shape index (κ1) is 17.0. The van der Waals surface area contributed by atoms with E-state index in [9.17, 15) is 31.9 Å². The summed E-state index contributed by atoms with van der Waals surface area (Å²) in [5.41, 5.74) is 0. The number of nitrogens with zero attached hydrogens (tertiary/aromatic N) is 1. The number of hydrogen-bond donors (Lipinski definition) is 2. The zero-order valence-corrected chi connectivity index (χ0v) is 9.84. The number of aliphatic hydroxyl groups is 1. The Labute approximate surface area is 100 Å². The van der Waals surface area contributed by atoms with E-state index in [0.29, 0.717) is 0 Å². The van der Waals surface area contributed by atoms with E-state index in [-0.39, 0.29) is 0 Å². The van der Waals surface area contributed by atoms with Crippen LogP contribution in [0.25, 0.3) is 0 Å². The number of aliphatic carboxylic acids is 1. The lowest BCUT2D eigenvalue weighted by Crippen LogP contribution is -2.50. The molecular formula is C9H15F5NO3+. The summed E-state index contributed by atoms with van der Waals surface area (Å²) >= 11 is 0. The Hall–Kier alpha value is -0.960. The number of hydrogen-bond acceptors (Lipinski definition) is 2. The number of likely N-dealkylation sites (N-methyl/N-ethyl adjacent to an activating group) is 1. The van der Waals surface area contributed by atoms with Gasteiger partial charge >= 0.3 is 18.1 Å². The minimum absolute atomic E-state index is 0.398. The monoisotopic (exact) mass is 280 g/mol. The van der Waals surface area contributed by atoms with Gasteiger partial charge in [0.05, 0.1) is 20.5 Å². The zero-order valence-electron chi connectivity index (χ0n) is 9.84. The fraction of sp³-hybridized carbons (Fsp3) is 0.889. The fourth-order valence-electron chi connectivity index (χ4n) is 1.48. The molecule has 1 unspecified atom stereocenters. The molecule has 0 aliphatic carbocycles. The van der Waals surface area contributed by atoms with Crippen molar-refractivity contribution in [3.8, 4) is 0 Å². The molecule has 4 nitrogen and oxygen atoms in total. The average molecular weight is 280 g/mol. The van der Waals surface area contributed by atoms with E-state index in [2.05, 4.69) is 0 Å². The molecule has 0 rings (SSSR count). The second-order valence-corrected chi connectivity index (χ2v) is 4.73. The molecule has 0 aromatic heterocycles. The first-order valence-corrected chi connectivity index (χ1v) is 4.93. The van der Waals surface area contributed by atoms with E-state index in [1.807, 2.05) is 0 Å². The van der Waals surface area contributed by atoms with Gasteiger partial charge in [-0.15, -0.1) is 0 Å². The smallest absolute Gasteiger partial charge is 0.453 e. The number of quaternary nitrogens is 1. The molecular weight excluding hydrogens is 265 g/mol. The van der Waals surface area contributed by atoms with E-state index >= 15 is 0 Å². The van der Waals surface area contributed by atoms with Crippen molar-refractivity contribution in [1.29, 1.82) is 0 Å². The molecule has 2 N–H and O–H groups in total. The van der Waals surface area contributed by atoms with Gasteiger partial charge in [0, 0.05) is 0 Å². The molecule has 0 saturated carbocycles. The van der Waals surface area contributed by atoms with Gasteiger partial charge in [0.25, 0.3) is 0 Å². The van der Waals surface area contributed by atoms with Gasteiger partial charge in [-0.2, -0.15) is 22.0 Å². The molecule has 1 atom stereocenters. The van der Waals surface area contributed by atoms with Crippen LogP contribution in [0, 0.1) is 0 Å². The van der Waals surface area contributed by atoms with Crippen LogP contribution in [0.2, 0.25) is 0 Å². The highest BCUT2D eigenvalue weighted by molar-refractivity contribution is 5.67. The topological polar surface area (TPSA) is 57.5 Å². The van der Waals surface area contributed by atoms with Gasteiger partial charge in [0.2, 0.25) is 0 Å². The summed E-state index contributed by atoms with van der Waals surface area (Å²) in [5, 5.41) is 17.7. The van der Waals surface area contributed by atoms with Crippen LogP contribution < -0.4 is 0 Å². The van der Waals surface area contributed by atoms with Gasteiger partial charge in [0.15, 0.2) is 6.54 Å². The third kappa shape index (κ3) is 5.58. The van der Waals surface area contributed by atoms with E-state index in [1.54, 1.807) is 0 Å². The molecule has 108 valence electrons. The Morgan fingerprint density at radius 1 is 1.22 bits per heavy atom. The van der Waals surface area contributed by atoms with Crippen molar-refractivity contribution in [2.24, 2.45) is 0 Å².